The molecular weight excluding hydrogens is 317 g/mol. The number of benzene rings is 1. The summed E-state index contributed by atoms with van der Waals surface area (Å²) in [4.78, 5) is 21.8. The molecule has 0 saturated heterocycles. The molecule has 1 N–H and O–H groups in total. The lowest BCUT2D eigenvalue weighted by Crippen LogP contribution is -2.28. The minimum atomic E-state index is -0.707. The molecule has 1 aromatic carbocycles. The second-order valence-electron chi connectivity index (χ2n) is 5.69. The summed E-state index contributed by atoms with van der Waals surface area (Å²) in [5.74, 6) is -0.0621. The zero-order chi connectivity index (χ0) is 15.8. The van der Waals surface area contributed by atoms with Crippen LogP contribution >= 0.6 is 11.3 Å². The molecule has 1 aliphatic carbocycles. The number of aromatic nitrogens is 1. The van der Waals surface area contributed by atoms with Crippen LogP contribution in [-0.2, 0) is 9.63 Å². The van der Waals surface area contributed by atoms with E-state index in [1.54, 1.807) is 12.1 Å². The predicted molar refractivity (Wildman–Crippen MR) is 85.1 cm³/mol. The number of nitrogens with zero attached hydrogens (tertiary/aromatic N) is 2. The average Bonchev–Trinajstić information content (AvgIpc) is 3.09. The number of oxime groups is 1. The van der Waals surface area contributed by atoms with Crippen LogP contribution in [0.15, 0.2) is 34.8 Å². The van der Waals surface area contributed by atoms with Crippen molar-refractivity contribution in [3.05, 3.63) is 46.7 Å². The topological polar surface area (TPSA) is 63.6 Å². The molecule has 2 heterocycles. The van der Waals surface area contributed by atoms with Crippen molar-refractivity contribution in [1.29, 1.82) is 0 Å². The van der Waals surface area contributed by atoms with Crippen molar-refractivity contribution in [3.63, 3.8) is 0 Å². The number of amides is 1. The molecule has 2 aliphatic rings. The maximum atomic E-state index is 13.3. The van der Waals surface area contributed by atoms with Crippen LogP contribution in [0.1, 0.15) is 36.4 Å². The van der Waals surface area contributed by atoms with E-state index in [9.17, 15) is 9.18 Å². The minimum absolute atomic E-state index is 0.281. The molecule has 23 heavy (non-hydrogen) atoms. The second kappa shape index (κ2) is 5.73. The molecule has 4 rings (SSSR count). The van der Waals surface area contributed by atoms with Gasteiger partial charge in [0.15, 0.2) is 5.13 Å². The number of thiazole rings is 1. The third-order valence-corrected chi connectivity index (χ3v) is 4.64. The largest absolute Gasteiger partial charge is 0.382 e. The first-order chi connectivity index (χ1) is 11.2. The van der Waals surface area contributed by atoms with Crippen molar-refractivity contribution in [1.82, 2.24) is 4.98 Å². The Balaban J connectivity index is 1.38. The highest BCUT2D eigenvalue weighted by Crippen LogP contribution is 2.40. The van der Waals surface area contributed by atoms with E-state index < -0.39 is 6.10 Å². The Morgan fingerprint density at radius 1 is 1.39 bits per heavy atom. The van der Waals surface area contributed by atoms with E-state index in [1.165, 1.54) is 36.3 Å². The second-order valence-corrected chi connectivity index (χ2v) is 6.55. The lowest BCUT2D eigenvalue weighted by atomic mass is 10.0. The Kier molecular flexibility index (Phi) is 3.57. The molecule has 0 radical (unpaired) electrons. The van der Waals surface area contributed by atoms with Crippen molar-refractivity contribution in [2.45, 2.75) is 31.3 Å². The fourth-order valence-corrected chi connectivity index (χ4v) is 3.25. The van der Waals surface area contributed by atoms with E-state index in [-0.39, 0.29) is 11.7 Å². The summed E-state index contributed by atoms with van der Waals surface area (Å²) in [5, 5.41) is 9.24. The molecule has 1 saturated carbocycles. The first kappa shape index (κ1) is 14.3. The zero-order valence-electron chi connectivity index (χ0n) is 12.2. The van der Waals surface area contributed by atoms with Crippen molar-refractivity contribution in [2.24, 2.45) is 5.16 Å². The van der Waals surface area contributed by atoms with Gasteiger partial charge in [0.1, 0.15) is 5.82 Å². The Morgan fingerprint density at radius 2 is 2.26 bits per heavy atom. The van der Waals surface area contributed by atoms with E-state index >= 15 is 0 Å². The van der Waals surface area contributed by atoms with Crippen molar-refractivity contribution in [3.8, 4) is 0 Å². The number of nitrogens with one attached hydrogen (secondary N) is 1. The summed E-state index contributed by atoms with van der Waals surface area (Å²) in [6.07, 6.45) is 1.96. The average molecular weight is 331 g/mol. The van der Waals surface area contributed by atoms with Crippen LogP contribution in [0.2, 0.25) is 0 Å². The molecule has 118 valence electrons. The van der Waals surface area contributed by atoms with Crippen molar-refractivity contribution >= 4 is 28.1 Å². The molecule has 1 unspecified atom stereocenters. The highest BCUT2D eigenvalue weighted by molar-refractivity contribution is 7.13. The van der Waals surface area contributed by atoms with Crippen LogP contribution < -0.4 is 5.32 Å². The van der Waals surface area contributed by atoms with E-state index in [1.807, 2.05) is 5.38 Å². The summed E-state index contributed by atoms with van der Waals surface area (Å²) in [6, 6.07) is 6.10. The van der Waals surface area contributed by atoms with Crippen LogP contribution in [0.3, 0.4) is 0 Å². The summed E-state index contributed by atoms with van der Waals surface area (Å²) >= 11 is 1.42. The Labute approximate surface area is 136 Å². The quantitative estimate of drug-likeness (QED) is 0.935. The highest BCUT2D eigenvalue weighted by atomic mass is 32.1. The zero-order valence-corrected chi connectivity index (χ0v) is 13.0. The Bertz CT molecular complexity index is 785. The van der Waals surface area contributed by atoms with Gasteiger partial charge < -0.3 is 4.84 Å². The SMILES string of the molecule is O=C(Nc1nc(C2CC2)cs1)C1CC(c2cccc(F)c2)=NO1. The lowest BCUT2D eigenvalue weighted by Gasteiger charge is -2.07. The molecule has 2 aromatic rings. The number of rotatable bonds is 4. The van der Waals surface area contributed by atoms with Gasteiger partial charge in [-0.15, -0.1) is 11.3 Å². The first-order valence-electron chi connectivity index (χ1n) is 7.44. The fourth-order valence-electron chi connectivity index (χ4n) is 2.45. The van der Waals surface area contributed by atoms with E-state index in [4.69, 9.17) is 4.84 Å². The standard InChI is InChI=1S/C16H14FN3O2S/c17-11-3-1-2-10(6-11)12-7-14(22-20-12)15(21)19-16-18-13(8-23-16)9-4-5-9/h1-3,6,8-9,14H,4-5,7H2,(H,18,19,21). The third-order valence-electron chi connectivity index (χ3n) is 3.87. The normalized spacial score (nSPS) is 20.0. The van der Waals surface area contributed by atoms with Crippen LogP contribution in [-0.4, -0.2) is 22.7 Å². The van der Waals surface area contributed by atoms with Gasteiger partial charge in [0.05, 0.1) is 11.4 Å². The van der Waals surface area contributed by atoms with Crippen LogP contribution in [0.4, 0.5) is 9.52 Å². The molecule has 1 atom stereocenters. The third kappa shape index (κ3) is 3.10. The summed E-state index contributed by atoms with van der Waals surface area (Å²) < 4.78 is 13.3. The van der Waals surface area contributed by atoms with Gasteiger partial charge in [0, 0.05) is 23.3 Å². The van der Waals surface area contributed by atoms with Gasteiger partial charge in [0.2, 0.25) is 6.10 Å². The van der Waals surface area contributed by atoms with Crippen LogP contribution in [0.25, 0.3) is 0 Å². The molecule has 1 aliphatic heterocycles. The van der Waals surface area contributed by atoms with Gasteiger partial charge in [-0.3, -0.25) is 10.1 Å². The van der Waals surface area contributed by atoms with Crippen LogP contribution in [0, 0.1) is 5.82 Å². The summed E-state index contributed by atoms with van der Waals surface area (Å²) in [6.45, 7) is 0. The smallest absolute Gasteiger partial charge is 0.270 e. The number of carbonyl (C=O) groups is 1. The fraction of sp³-hybridized carbons (Fsp3) is 0.312. The molecule has 1 amide bonds. The van der Waals surface area contributed by atoms with E-state index in [0.717, 1.165) is 5.69 Å². The van der Waals surface area contributed by atoms with Gasteiger partial charge in [0.25, 0.3) is 5.91 Å². The molecule has 7 heteroatoms. The molecular formula is C16H14FN3O2S. The highest BCUT2D eigenvalue weighted by Gasteiger charge is 2.30. The molecule has 1 aromatic heterocycles. The minimum Gasteiger partial charge on any atom is -0.382 e. The van der Waals surface area contributed by atoms with Crippen molar-refractivity contribution < 1.29 is 14.0 Å². The van der Waals surface area contributed by atoms with Gasteiger partial charge in [-0.2, -0.15) is 0 Å². The molecule has 1 fully saturated rings. The van der Waals surface area contributed by atoms with Gasteiger partial charge in [-0.05, 0) is 25.0 Å². The van der Waals surface area contributed by atoms with Gasteiger partial charge in [-0.25, -0.2) is 9.37 Å². The number of hydrogen-bond donors (Lipinski definition) is 1. The summed E-state index contributed by atoms with van der Waals surface area (Å²) in [5.41, 5.74) is 2.25. The molecule has 0 spiro atoms. The van der Waals surface area contributed by atoms with Gasteiger partial charge >= 0.3 is 0 Å². The Morgan fingerprint density at radius 3 is 3.04 bits per heavy atom. The molecule has 0 bridgehead atoms. The number of halogens is 1. The van der Waals surface area contributed by atoms with Crippen LogP contribution in [0.5, 0.6) is 0 Å². The number of hydrogen-bond acceptors (Lipinski definition) is 5. The van der Waals surface area contributed by atoms with E-state index in [2.05, 4.69) is 15.5 Å². The Hall–Kier alpha value is -2.28. The van der Waals surface area contributed by atoms with Crippen molar-refractivity contribution in [2.75, 3.05) is 5.32 Å². The number of carbonyl (C=O) groups excluding carboxylic acids is 1. The predicted octanol–water partition coefficient (Wildman–Crippen LogP) is 3.29. The lowest BCUT2D eigenvalue weighted by molar-refractivity contribution is -0.125. The first-order valence-corrected chi connectivity index (χ1v) is 8.32. The summed E-state index contributed by atoms with van der Waals surface area (Å²) in [7, 11) is 0. The number of anilines is 1. The maximum Gasteiger partial charge on any atom is 0.270 e. The monoisotopic (exact) mass is 331 g/mol. The van der Waals surface area contributed by atoms with E-state index in [0.29, 0.717) is 28.7 Å². The van der Waals surface area contributed by atoms with Gasteiger partial charge in [-0.1, -0.05) is 17.3 Å². The molecule has 5 nitrogen and oxygen atoms in total. The maximum absolute atomic E-state index is 13.3.